The van der Waals surface area contributed by atoms with E-state index < -0.39 is 0 Å². The number of carbonyl (C=O) groups excluding carboxylic acids is 1. The molecule has 1 aliphatic heterocycles. The van der Waals surface area contributed by atoms with Crippen molar-refractivity contribution < 1.29 is 9.53 Å². The van der Waals surface area contributed by atoms with Gasteiger partial charge < -0.3 is 10.1 Å². The van der Waals surface area contributed by atoms with Gasteiger partial charge in [-0.25, -0.2) is 4.98 Å². The van der Waals surface area contributed by atoms with E-state index in [0.717, 1.165) is 36.1 Å². The highest BCUT2D eigenvalue weighted by molar-refractivity contribution is 7.98. The molecule has 1 aromatic heterocycles. The van der Waals surface area contributed by atoms with E-state index in [1.54, 1.807) is 11.8 Å². The van der Waals surface area contributed by atoms with Crippen LogP contribution in [-0.4, -0.2) is 58.3 Å². The van der Waals surface area contributed by atoms with Crippen LogP contribution in [0.25, 0.3) is 0 Å². The normalized spacial score (nSPS) is 17.0. The Kier molecular flexibility index (Phi) is 7.12. The second-order valence-corrected chi connectivity index (χ2v) is 8.16. The number of hydrogen-bond acceptors (Lipinski definition) is 6. The first-order chi connectivity index (χ1) is 14.8. The average molecular weight is 424 g/mol. The van der Waals surface area contributed by atoms with E-state index >= 15 is 0 Å². The fourth-order valence-electron chi connectivity index (χ4n) is 3.37. The maximum Gasteiger partial charge on any atom is 0.251 e. The highest BCUT2D eigenvalue weighted by Gasteiger charge is 2.21. The summed E-state index contributed by atoms with van der Waals surface area (Å²) in [5.74, 6) is 0.692. The first kappa shape index (κ1) is 20.6. The quantitative estimate of drug-likeness (QED) is 0.542. The zero-order valence-electron chi connectivity index (χ0n) is 16.7. The Morgan fingerprint density at radius 3 is 2.77 bits per heavy atom. The van der Waals surface area contributed by atoms with E-state index in [-0.39, 0.29) is 12.0 Å². The number of aromatic amines is 1. The van der Waals surface area contributed by atoms with E-state index in [1.807, 2.05) is 30.3 Å². The SMILES string of the molecule is O=C(NCC1CN(Cc2ccccc2)CCO1)c1ccc(CSc2ncn[nH]2)cc1. The lowest BCUT2D eigenvalue weighted by Crippen LogP contribution is -2.47. The molecule has 4 rings (SSSR count). The number of ether oxygens (including phenoxy) is 1. The molecule has 30 heavy (non-hydrogen) atoms. The molecule has 1 aliphatic rings. The van der Waals surface area contributed by atoms with E-state index in [9.17, 15) is 4.79 Å². The van der Waals surface area contributed by atoms with E-state index in [4.69, 9.17) is 4.74 Å². The largest absolute Gasteiger partial charge is 0.374 e. The van der Waals surface area contributed by atoms with Gasteiger partial charge in [-0.2, -0.15) is 5.10 Å². The van der Waals surface area contributed by atoms with Crippen molar-refractivity contribution in [2.24, 2.45) is 0 Å². The third-order valence-corrected chi connectivity index (χ3v) is 5.89. The van der Waals surface area contributed by atoms with E-state index in [0.29, 0.717) is 18.7 Å². The van der Waals surface area contributed by atoms with Crippen LogP contribution in [0.2, 0.25) is 0 Å². The molecular formula is C22H25N5O2S. The van der Waals surface area contributed by atoms with Gasteiger partial charge in [0.05, 0.1) is 12.7 Å². The van der Waals surface area contributed by atoms with Gasteiger partial charge in [0, 0.05) is 37.5 Å². The van der Waals surface area contributed by atoms with Crippen LogP contribution in [0.1, 0.15) is 21.5 Å². The van der Waals surface area contributed by atoms with Crippen LogP contribution < -0.4 is 5.32 Å². The Balaban J connectivity index is 1.22. The molecule has 0 bridgehead atoms. The van der Waals surface area contributed by atoms with Crippen molar-refractivity contribution in [3.05, 3.63) is 77.6 Å². The Bertz CT molecular complexity index is 918. The van der Waals surface area contributed by atoms with Gasteiger partial charge in [0.15, 0.2) is 5.16 Å². The fraction of sp³-hybridized carbons (Fsp3) is 0.318. The summed E-state index contributed by atoms with van der Waals surface area (Å²) in [6.07, 6.45) is 1.50. The zero-order valence-corrected chi connectivity index (χ0v) is 17.5. The Labute approximate surface area is 180 Å². The minimum absolute atomic E-state index is 0.00370. The highest BCUT2D eigenvalue weighted by Crippen LogP contribution is 2.18. The number of nitrogens with zero attached hydrogens (tertiary/aromatic N) is 3. The predicted octanol–water partition coefficient (Wildman–Crippen LogP) is 2.73. The van der Waals surface area contributed by atoms with Crippen LogP contribution in [0, 0.1) is 0 Å². The molecule has 1 unspecified atom stereocenters. The lowest BCUT2D eigenvalue weighted by atomic mass is 10.1. The van der Waals surface area contributed by atoms with E-state index in [2.05, 4.69) is 49.7 Å². The molecular weight excluding hydrogens is 398 g/mol. The maximum atomic E-state index is 12.5. The summed E-state index contributed by atoms with van der Waals surface area (Å²) in [6.45, 7) is 3.82. The number of aromatic nitrogens is 3. The third-order valence-electron chi connectivity index (χ3n) is 4.95. The van der Waals surface area contributed by atoms with Crippen LogP contribution in [-0.2, 0) is 17.0 Å². The van der Waals surface area contributed by atoms with Crippen molar-refractivity contribution in [3.63, 3.8) is 0 Å². The second-order valence-electron chi connectivity index (χ2n) is 7.20. The van der Waals surface area contributed by atoms with Crippen molar-refractivity contribution in [3.8, 4) is 0 Å². The Morgan fingerprint density at radius 2 is 2.00 bits per heavy atom. The van der Waals surface area contributed by atoms with Gasteiger partial charge >= 0.3 is 0 Å². The molecule has 156 valence electrons. The number of benzene rings is 2. The van der Waals surface area contributed by atoms with Crippen molar-refractivity contribution in [2.75, 3.05) is 26.2 Å². The standard InChI is InChI=1S/C22H25N5O2S/c28-21(19-8-6-18(7-9-19)15-30-22-24-16-25-26-22)23-12-20-14-27(10-11-29-20)13-17-4-2-1-3-5-17/h1-9,16,20H,10-15H2,(H,23,28)(H,24,25,26). The number of carbonyl (C=O) groups is 1. The molecule has 2 heterocycles. The van der Waals surface area contributed by atoms with E-state index in [1.165, 1.54) is 11.9 Å². The minimum atomic E-state index is -0.0757. The summed E-state index contributed by atoms with van der Waals surface area (Å²) in [5.41, 5.74) is 3.07. The van der Waals surface area contributed by atoms with Gasteiger partial charge in [-0.3, -0.25) is 14.8 Å². The van der Waals surface area contributed by atoms with Crippen molar-refractivity contribution in [2.45, 2.75) is 23.6 Å². The predicted molar refractivity (Wildman–Crippen MR) is 116 cm³/mol. The molecule has 2 aromatic carbocycles. The lowest BCUT2D eigenvalue weighted by molar-refractivity contribution is -0.0292. The van der Waals surface area contributed by atoms with Crippen LogP contribution in [0.3, 0.4) is 0 Å². The Hall–Kier alpha value is -2.68. The number of hydrogen-bond donors (Lipinski definition) is 2. The molecule has 2 N–H and O–H groups in total. The van der Waals surface area contributed by atoms with Crippen LogP contribution in [0.15, 0.2) is 66.1 Å². The molecule has 0 radical (unpaired) electrons. The molecule has 1 atom stereocenters. The molecule has 1 fully saturated rings. The molecule has 0 saturated carbocycles. The summed E-state index contributed by atoms with van der Waals surface area (Å²) in [5, 5.41) is 10.4. The van der Waals surface area contributed by atoms with Crippen LogP contribution in [0.4, 0.5) is 0 Å². The van der Waals surface area contributed by atoms with Gasteiger partial charge in [0.25, 0.3) is 5.91 Å². The first-order valence-electron chi connectivity index (χ1n) is 9.99. The first-order valence-corrected chi connectivity index (χ1v) is 11.0. The highest BCUT2D eigenvalue weighted by atomic mass is 32.2. The third kappa shape index (κ3) is 5.91. The Morgan fingerprint density at radius 1 is 1.17 bits per heavy atom. The lowest BCUT2D eigenvalue weighted by Gasteiger charge is -2.33. The molecule has 0 spiro atoms. The second kappa shape index (κ2) is 10.4. The molecule has 7 nitrogen and oxygen atoms in total. The molecule has 0 aliphatic carbocycles. The number of amides is 1. The maximum absolute atomic E-state index is 12.5. The van der Waals surface area contributed by atoms with Crippen molar-refractivity contribution in [1.82, 2.24) is 25.4 Å². The van der Waals surface area contributed by atoms with Gasteiger partial charge in [-0.05, 0) is 23.3 Å². The zero-order chi connectivity index (χ0) is 20.6. The summed E-state index contributed by atoms with van der Waals surface area (Å²) in [7, 11) is 0. The molecule has 1 saturated heterocycles. The summed E-state index contributed by atoms with van der Waals surface area (Å²) < 4.78 is 5.85. The van der Waals surface area contributed by atoms with Crippen molar-refractivity contribution in [1.29, 1.82) is 0 Å². The minimum Gasteiger partial charge on any atom is -0.374 e. The van der Waals surface area contributed by atoms with Gasteiger partial charge in [-0.15, -0.1) is 0 Å². The smallest absolute Gasteiger partial charge is 0.251 e. The van der Waals surface area contributed by atoms with Crippen LogP contribution in [0.5, 0.6) is 0 Å². The molecule has 8 heteroatoms. The number of nitrogens with one attached hydrogen (secondary N) is 2. The number of H-pyrrole nitrogens is 1. The fourth-order valence-corrected chi connectivity index (χ4v) is 4.10. The average Bonchev–Trinajstić information content (AvgIpc) is 3.31. The summed E-state index contributed by atoms with van der Waals surface area (Å²) in [6, 6.07) is 18.1. The topological polar surface area (TPSA) is 83.1 Å². The van der Waals surface area contributed by atoms with Gasteiger partial charge in [-0.1, -0.05) is 54.2 Å². The van der Waals surface area contributed by atoms with Crippen molar-refractivity contribution >= 4 is 17.7 Å². The molecule has 1 amide bonds. The van der Waals surface area contributed by atoms with Crippen LogP contribution >= 0.6 is 11.8 Å². The molecule has 3 aromatic rings. The monoisotopic (exact) mass is 423 g/mol. The summed E-state index contributed by atoms with van der Waals surface area (Å²) >= 11 is 1.57. The van der Waals surface area contributed by atoms with Gasteiger partial charge in [0.2, 0.25) is 0 Å². The number of morpholine rings is 1. The summed E-state index contributed by atoms with van der Waals surface area (Å²) in [4.78, 5) is 19.0. The van der Waals surface area contributed by atoms with Gasteiger partial charge in [0.1, 0.15) is 6.33 Å². The number of thioether (sulfide) groups is 1. The number of rotatable bonds is 8.